The molecule has 0 aliphatic rings. The first-order chi connectivity index (χ1) is 11.0. The van der Waals surface area contributed by atoms with Crippen LogP contribution in [-0.4, -0.2) is 34.0 Å². The number of non-ortho nitro benzene ring substituents is 1. The van der Waals surface area contributed by atoms with Gasteiger partial charge in [-0.2, -0.15) is 0 Å². The van der Waals surface area contributed by atoms with Gasteiger partial charge in [0.2, 0.25) is 0 Å². The van der Waals surface area contributed by atoms with E-state index in [1.54, 1.807) is 0 Å². The van der Waals surface area contributed by atoms with Crippen LogP contribution >= 0.6 is 11.6 Å². The molecule has 0 heterocycles. The largest absolute Gasteiger partial charge is 0.395 e. The van der Waals surface area contributed by atoms with Crippen molar-refractivity contribution in [1.82, 2.24) is 4.90 Å². The Labute approximate surface area is 138 Å². The number of aliphatic hydroxyl groups is 1. The van der Waals surface area contributed by atoms with Gasteiger partial charge in [-0.15, -0.1) is 0 Å². The van der Waals surface area contributed by atoms with Crippen LogP contribution < -0.4 is 0 Å². The van der Waals surface area contributed by atoms with Crippen LogP contribution in [0.15, 0.2) is 48.5 Å². The number of rotatable bonds is 6. The molecule has 2 aromatic rings. The number of aliphatic hydroxyl groups excluding tert-OH is 1. The molecule has 0 unspecified atom stereocenters. The normalized spacial score (nSPS) is 10.3. The van der Waals surface area contributed by atoms with Crippen LogP contribution in [0.3, 0.4) is 0 Å². The first-order valence-corrected chi connectivity index (χ1v) is 7.28. The van der Waals surface area contributed by atoms with Crippen molar-refractivity contribution in [1.29, 1.82) is 0 Å². The summed E-state index contributed by atoms with van der Waals surface area (Å²) in [4.78, 5) is 24.2. The standard InChI is InChI=1S/C16H15ClN2O4/c17-15-10-13(19(22)23)6-7-14(15)16(21)18(8-9-20)11-12-4-2-1-3-5-12/h1-7,10,20H,8-9,11H2. The van der Waals surface area contributed by atoms with Gasteiger partial charge in [0, 0.05) is 25.2 Å². The van der Waals surface area contributed by atoms with Crippen molar-refractivity contribution in [3.8, 4) is 0 Å². The molecule has 0 atom stereocenters. The summed E-state index contributed by atoms with van der Waals surface area (Å²) < 4.78 is 0. The summed E-state index contributed by atoms with van der Waals surface area (Å²) in [5.74, 6) is -0.386. The van der Waals surface area contributed by atoms with E-state index in [0.717, 1.165) is 11.6 Å². The van der Waals surface area contributed by atoms with Crippen LogP contribution in [0.2, 0.25) is 5.02 Å². The minimum absolute atomic E-state index is 0.0141. The SMILES string of the molecule is O=C(c1ccc([N+](=O)[O-])cc1Cl)N(CCO)Cc1ccccc1. The molecular weight excluding hydrogens is 320 g/mol. The van der Waals surface area contributed by atoms with Gasteiger partial charge in [-0.25, -0.2) is 0 Å². The molecule has 0 aliphatic carbocycles. The maximum absolute atomic E-state index is 12.6. The predicted octanol–water partition coefficient (Wildman–Crippen LogP) is 2.88. The Morgan fingerprint density at radius 2 is 1.91 bits per heavy atom. The Kier molecular flexibility index (Phi) is 5.67. The zero-order chi connectivity index (χ0) is 16.8. The number of nitrogens with zero attached hydrogens (tertiary/aromatic N) is 2. The van der Waals surface area contributed by atoms with Gasteiger partial charge in [0.1, 0.15) is 0 Å². The van der Waals surface area contributed by atoms with Gasteiger partial charge in [0.15, 0.2) is 0 Å². The molecule has 1 N–H and O–H groups in total. The third-order valence-corrected chi connectivity index (χ3v) is 3.58. The highest BCUT2D eigenvalue weighted by molar-refractivity contribution is 6.34. The molecule has 0 saturated heterocycles. The molecular formula is C16H15ClN2O4. The molecule has 0 saturated carbocycles. The van der Waals surface area contributed by atoms with E-state index in [9.17, 15) is 20.0 Å². The lowest BCUT2D eigenvalue weighted by atomic mass is 10.1. The minimum atomic E-state index is -0.574. The van der Waals surface area contributed by atoms with E-state index in [2.05, 4.69) is 0 Å². The summed E-state index contributed by atoms with van der Waals surface area (Å²) in [7, 11) is 0. The number of halogens is 1. The molecule has 2 rings (SSSR count). The number of benzene rings is 2. The first kappa shape index (κ1) is 16.9. The van der Waals surface area contributed by atoms with Crippen LogP contribution in [0, 0.1) is 10.1 Å². The van der Waals surface area contributed by atoms with Gasteiger partial charge in [0.05, 0.1) is 22.1 Å². The average Bonchev–Trinajstić information content (AvgIpc) is 2.54. The quantitative estimate of drug-likeness (QED) is 0.650. The Morgan fingerprint density at radius 3 is 2.48 bits per heavy atom. The van der Waals surface area contributed by atoms with Crippen molar-refractivity contribution < 1.29 is 14.8 Å². The molecule has 0 aromatic heterocycles. The summed E-state index contributed by atoms with van der Waals surface area (Å²) in [6.07, 6.45) is 0. The Hall–Kier alpha value is -2.44. The summed E-state index contributed by atoms with van der Waals surface area (Å²) in [5.41, 5.74) is 0.900. The Bertz CT molecular complexity index is 706. The maximum Gasteiger partial charge on any atom is 0.270 e. The molecule has 23 heavy (non-hydrogen) atoms. The maximum atomic E-state index is 12.6. The third-order valence-electron chi connectivity index (χ3n) is 3.27. The van der Waals surface area contributed by atoms with Crippen LogP contribution in [0.4, 0.5) is 5.69 Å². The molecule has 2 aromatic carbocycles. The lowest BCUT2D eigenvalue weighted by Crippen LogP contribution is -2.33. The lowest BCUT2D eigenvalue weighted by molar-refractivity contribution is -0.384. The predicted molar refractivity (Wildman–Crippen MR) is 86.4 cm³/mol. The highest BCUT2D eigenvalue weighted by Gasteiger charge is 2.20. The number of nitro benzene ring substituents is 1. The molecule has 6 nitrogen and oxygen atoms in total. The number of amides is 1. The first-order valence-electron chi connectivity index (χ1n) is 6.91. The van der Waals surface area contributed by atoms with Crippen LogP contribution in [0.1, 0.15) is 15.9 Å². The highest BCUT2D eigenvalue weighted by Crippen LogP contribution is 2.24. The topological polar surface area (TPSA) is 83.7 Å². The van der Waals surface area contributed by atoms with E-state index in [1.165, 1.54) is 17.0 Å². The molecule has 0 radical (unpaired) electrons. The Balaban J connectivity index is 2.25. The van der Waals surface area contributed by atoms with E-state index < -0.39 is 4.92 Å². The van der Waals surface area contributed by atoms with Crippen molar-refractivity contribution in [3.63, 3.8) is 0 Å². The Morgan fingerprint density at radius 1 is 1.22 bits per heavy atom. The molecule has 0 bridgehead atoms. The van der Waals surface area contributed by atoms with Gasteiger partial charge < -0.3 is 10.0 Å². The number of hydrogen-bond donors (Lipinski definition) is 1. The van der Waals surface area contributed by atoms with Crippen molar-refractivity contribution in [2.75, 3.05) is 13.2 Å². The molecule has 120 valence electrons. The number of hydrogen-bond acceptors (Lipinski definition) is 4. The molecule has 1 amide bonds. The summed E-state index contributed by atoms with van der Waals surface area (Å²) in [6, 6.07) is 13.0. The third kappa shape index (κ3) is 4.28. The molecule has 0 spiro atoms. The lowest BCUT2D eigenvalue weighted by Gasteiger charge is -2.22. The van der Waals surface area contributed by atoms with Crippen molar-refractivity contribution in [2.45, 2.75) is 6.54 Å². The summed E-state index contributed by atoms with van der Waals surface area (Å²) in [6.45, 7) is 0.262. The fraction of sp³-hybridized carbons (Fsp3) is 0.188. The van der Waals surface area contributed by atoms with Gasteiger partial charge in [-0.1, -0.05) is 41.9 Å². The monoisotopic (exact) mass is 334 g/mol. The van der Waals surface area contributed by atoms with Crippen molar-refractivity contribution in [2.24, 2.45) is 0 Å². The van der Waals surface area contributed by atoms with E-state index >= 15 is 0 Å². The smallest absolute Gasteiger partial charge is 0.270 e. The van der Waals surface area contributed by atoms with E-state index in [-0.39, 0.29) is 35.3 Å². The second kappa shape index (κ2) is 7.71. The second-order valence-corrected chi connectivity index (χ2v) is 5.26. The van der Waals surface area contributed by atoms with Gasteiger partial charge in [-0.3, -0.25) is 14.9 Å². The second-order valence-electron chi connectivity index (χ2n) is 4.86. The van der Waals surface area contributed by atoms with Gasteiger partial charge in [-0.05, 0) is 11.6 Å². The van der Waals surface area contributed by atoms with E-state index in [4.69, 9.17) is 11.6 Å². The van der Waals surface area contributed by atoms with Crippen LogP contribution in [0.25, 0.3) is 0 Å². The zero-order valence-corrected chi connectivity index (χ0v) is 12.9. The average molecular weight is 335 g/mol. The fourth-order valence-electron chi connectivity index (χ4n) is 2.14. The van der Waals surface area contributed by atoms with E-state index in [1.807, 2.05) is 30.3 Å². The van der Waals surface area contributed by atoms with Crippen LogP contribution in [-0.2, 0) is 6.54 Å². The minimum Gasteiger partial charge on any atom is -0.395 e. The molecule has 0 fully saturated rings. The van der Waals surface area contributed by atoms with Crippen molar-refractivity contribution >= 4 is 23.2 Å². The zero-order valence-electron chi connectivity index (χ0n) is 12.2. The summed E-state index contributed by atoms with van der Waals surface area (Å²) >= 11 is 6.00. The number of nitro groups is 1. The number of carbonyl (C=O) groups is 1. The number of carbonyl (C=O) groups excluding carboxylic acids is 1. The highest BCUT2D eigenvalue weighted by atomic mass is 35.5. The van der Waals surface area contributed by atoms with Crippen LogP contribution in [0.5, 0.6) is 0 Å². The fourth-order valence-corrected chi connectivity index (χ4v) is 2.39. The van der Waals surface area contributed by atoms with Gasteiger partial charge >= 0.3 is 0 Å². The van der Waals surface area contributed by atoms with Gasteiger partial charge in [0.25, 0.3) is 11.6 Å². The molecule has 7 heteroatoms. The van der Waals surface area contributed by atoms with E-state index in [0.29, 0.717) is 6.54 Å². The summed E-state index contributed by atoms with van der Waals surface area (Å²) in [5, 5.41) is 19.9. The van der Waals surface area contributed by atoms with Crippen molar-refractivity contribution in [3.05, 3.63) is 74.8 Å². The molecule has 0 aliphatic heterocycles.